The third-order valence-corrected chi connectivity index (χ3v) is 4.33. The molecule has 0 unspecified atom stereocenters. The van der Waals surface area contributed by atoms with Gasteiger partial charge in [0, 0.05) is 16.8 Å². The van der Waals surface area contributed by atoms with Crippen LogP contribution in [0.5, 0.6) is 0 Å². The molecule has 0 radical (unpaired) electrons. The van der Waals surface area contributed by atoms with Crippen LogP contribution in [0.2, 0.25) is 0 Å². The second kappa shape index (κ2) is 5.72. The van der Waals surface area contributed by atoms with Crippen molar-refractivity contribution in [3.8, 4) is 10.6 Å². The lowest BCUT2D eigenvalue weighted by molar-refractivity contribution is 0.900. The number of hydrogen-bond acceptors (Lipinski definition) is 2. The lowest BCUT2D eigenvalue weighted by Gasteiger charge is -2.03. The number of aromatic nitrogens is 1. The van der Waals surface area contributed by atoms with Gasteiger partial charge in [-0.3, -0.25) is 0 Å². The van der Waals surface area contributed by atoms with Gasteiger partial charge in [0.15, 0.2) is 0 Å². The number of halogens is 1. The molecule has 3 heteroatoms. The topological polar surface area (TPSA) is 12.9 Å². The molecule has 0 amide bonds. The number of rotatable bonds is 4. The van der Waals surface area contributed by atoms with Crippen molar-refractivity contribution < 1.29 is 0 Å². The molecule has 1 nitrogen and oxygen atoms in total. The fourth-order valence-corrected chi connectivity index (χ4v) is 3.23. The molecule has 0 fully saturated rings. The highest BCUT2D eigenvalue weighted by Crippen LogP contribution is 2.31. The van der Waals surface area contributed by atoms with Gasteiger partial charge in [0.2, 0.25) is 0 Å². The number of hydrogen-bond donors (Lipinski definition) is 0. The molecule has 0 spiro atoms. The van der Waals surface area contributed by atoms with Crippen molar-refractivity contribution in [2.45, 2.75) is 12.8 Å². The normalized spacial score (nSPS) is 11.0. The minimum Gasteiger partial charge on any atom is -0.241 e. The van der Waals surface area contributed by atoms with Gasteiger partial charge in [-0.05, 0) is 23.6 Å². The Hall–Kier alpha value is -1.38. The Labute approximate surface area is 121 Å². The van der Waals surface area contributed by atoms with E-state index in [0.717, 1.165) is 23.5 Å². The fraction of sp³-hybridized carbons (Fsp3) is 0.188. The van der Waals surface area contributed by atoms with Crippen LogP contribution in [0, 0.1) is 0 Å². The first kappa shape index (κ1) is 12.6. The number of thiazole rings is 1. The highest BCUT2D eigenvalue weighted by Gasteiger charge is 2.07. The Morgan fingerprint density at radius 1 is 1.05 bits per heavy atom. The molecule has 0 saturated heterocycles. The molecule has 0 N–H and O–H groups in total. The third kappa shape index (κ3) is 2.65. The quantitative estimate of drug-likeness (QED) is 0.606. The van der Waals surface area contributed by atoms with Crippen LogP contribution in [0.3, 0.4) is 0 Å². The van der Waals surface area contributed by atoms with Crippen LogP contribution in [0.25, 0.3) is 21.3 Å². The summed E-state index contributed by atoms with van der Waals surface area (Å²) in [6.45, 7) is 0. The van der Waals surface area contributed by atoms with Crippen molar-refractivity contribution in [3.05, 3.63) is 53.5 Å². The number of alkyl halides is 1. The zero-order valence-corrected chi connectivity index (χ0v) is 12.0. The molecule has 3 rings (SSSR count). The molecule has 0 aliphatic carbocycles. The molecule has 1 heterocycles. The average molecular weight is 288 g/mol. The smallest absolute Gasteiger partial charge is 0.124 e. The predicted molar refractivity (Wildman–Crippen MR) is 84.1 cm³/mol. The van der Waals surface area contributed by atoms with Crippen LogP contribution in [-0.4, -0.2) is 10.9 Å². The maximum absolute atomic E-state index is 5.73. The van der Waals surface area contributed by atoms with Gasteiger partial charge in [-0.2, -0.15) is 0 Å². The summed E-state index contributed by atoms with van der Waals surface area (Å²) < 4.78 is 0. The Balaban J connectivity index is 2.02. The summed E-state index contributed by atoms with van der Waals surface area (Å²) >= 11 is 7.44. The maximum Gasteiger partial charge on any atom is 0.124 e. The number of fused-ring (bicyclic) bond motifs is 1. The molecule has 0 aliphatic rings. The van der Waals surface area contributed by atoms with Crippen molar-refractivity contribution in [3.63, 3.8) is 0 Å². The first-order chi connectivity index (χ1) is 9.38. The molecule has 0 bridgehead atoms. The minimum atomic E-state index is 0.696. The van der Waals surface area contributed by atoms with Gasteiger partial charge in [0.1, 0.15) is 5.01 Å². The first-order valence-corrected chi connectivity index (χ1v) is 7.78. The molecule has 1 aromatic heterocycles. The minimum absolute atomic E-state index is 0.696. The SMILES string of the molecule is ClCCCc1csc(-c2cccc3ccccc23)n1. The van der Waals surface area contributed by atoms with Gasteiger partial charge in [0.05, 0.1) is 5.69 Å². The van der Waals surface area contributed by atoms with Crippen molar-refractivity contribution in [2.75, 3.05) is 5.88 Å². The molecule has 2 aromatic carbocycles. The first-order valence-electron chi connectivity index (χ1n) is 6.37. The third-order valence-electron chi connectivity index (χ3n) is 3.14. The summed E-state index contributed by atoms with van der Waals surface area (Å²) in [6.07, 6.45) is 1.95. The monoisotopic (exact) mass is 287 g/mol. The second-order valence-corrected chi connectivity index (χ2v) is 5.70. The summed E-state index contributed by atoms with van der Waals surface area (Å²) in [5.74, 6) is 0.696. The Bertz CT molecular complexity index is 685. The Morgan fingerprint density at radius 2 is 1.89 bits per heavy atom. The van der Waals surface area contributed by atoms with E-state index in [1.54, 1.807) is 11.3 Å². The lowest BCUT2D eigenvalue weighted by atomic mass is 10.1. The highest BCUT2D eigenvalue weighted by molar-refractivity contribution is 7.13. The van der Waals surface area contributed by atoms with E-state index in [1.807, 2.05) is 0 Å². The molecule has 0 saturated carbocycles. The number of aryl methyl sites for hydroxylation is 1. The van der Waals surface area contributed by atoms with Crippen LogP contribution in [-0.2, 0) is 6.42 Å². The van der Waals surface area contributed by atoms with Gasteiger partial charge in [-0.1, -0.05) is 42.5 Å². The van der Waals surface area contributed by atoms with Crippen molar-refractivity contribution in [1.82, 2.24) is 4.98 Å². The van der Waals surface area contributed by atoms with E-state index in [4.69, 9.17) is 16.6 Å². The van der Waals surface area contributed by atoms with Gasteiger partial charge in [0.25, 0.3) is 0 Å². The number of benzene rings is 2. The van der Waals surface area contributed by atoms with Crippen molar-refractivity contribution in [1.29, 1.82) is 0 Å². The highest BCUT2D eigenvalue weighted by atomic mass is 35.5. The van der Waals surface area contributed by atoms with Gasteiger partial charge < -0.3 is 0 Å². The largest absolute Gasteiger partial charge is 0.241 e. The standard InChI is InChI=1S/C16H14ClNS/c17-10-4-7-13-11-19-16(18-13)15-9-3-6-12-5-1-2-8-14(12)15/h1-3,5-6,8-9,11H,4,7,10H2. The molecule has 96 valence electrons. The van der Waals surface area contributed by atoms with E-state index < -0.39 is 0 Å². The molecule has 19 heavy (non-hydrogen) atoms. The van der Waals surface area contributed by atoms with E-state index >= 15 is 0 Å². The van der Waals surface area contributed by atoms with Crippen LogP contribution in [0.15, 0.2) is 47.8 Å². The van der Waals surface area contributed by atoms with Crippen LogP contribution in [0.1, 0.15) is 12.1 Å². The zero-order chi connectivity index (χ0) is 13.1. The van der Waals surface area contributed by atoms with Crippen molar-refractivity contribution >= 4 is 33.7 Å². The average Bonchev–Trinajstić information content (AvgIpc) is 2.93. The molecule has 0 aliphatic heterocycles. The number of nitrogens with zero attached hydrogens (tertiary/aromatic N) is 1. The van der Waals surface area contributed by atoms with E-state index in [2.05, 4.69) is 47.8 Å². The van der Waals surface area contributed by atoms with Crippen LogP contribution in [0.4, 0.5) is 0 Å². The lowest BCUT2D eigenvalue weighted by Crippen LogP contribution is -1.87. The molecular weight excluding hydrogens is 274 g/mol. The van der Waals surface area contributed by atoms with Gasteiger partial charge in [-0.15, -0.1) is 22.9 Å². The Morgan fingerprint density at radius 3 is 2.79 bits per heavy atom. The summed E-state index contributed by atoms with van der Waals surface area (Å²) in [4.78, 5) is 4.73. The van der Waals surface area contributed by atoms with Gasteiger partial charge in [-0.25, -0.2) is 4.98 Å². The van der Waals surface area contributed by atoms with Crippen LogP contribution < -0.4 is 0 Å². The summed E-state index contributed by atoms with van der Waals surface area (Å²) in [6, 6.07) is 14.8. The van der Waals surface area contributed by atoms with Crippen molar-refractivity contribution in [2.24, 2.45) is 0 Å². The maximum atomic E-state index is 5.73. The summed E-state index contributed by atoms with van der Waals surface area (Å²) in [5, 5.41) is 5.77. The molecule has 0 atom stereocenters. The van der Waals surface area contributed by atoms with E-state index in [1.165, 1.54) is 16.3 Å². The van der Waals surface area contributed by atoms with Crippen LogP contribution >= 0.6 is 22.9 Å². The predicted octanol–water partition coefficient (Wildman–Crippen LogP) is 5.13. The van der Waals surface area contributed by atoms with E-state index in [0.29, 0.717) is 5.88 Å². The zero-order valence-electron chi connectivity index (χ0n) is 10.5. The second-order valence-electron chi connectivity index (χ2n) is 4.46. The molecule has 3 aromatic rings. The summed E-state index contributed by atoms with van der Waals surface area (Å²) in [5.41, 5.74) is 2.37. The van der Waals surface area contributed by atoms with Gasteiger partial charge >= 0.3 is 0 Å². The molecular formula is C16H14ClNS. The Kier molecular flexibility index (Phi) is 3.81. The van der Waals surface area contributed by atoms with E-state index in [-0.39, 0.29) is 0 Å². The van der Waals surface area contributed by atoms with E-state index in [9.17, 15) is 0 Å². The summed E-state index contributed by atoms with van der Waals surface area (Å²) in [7, 11) is 0. The fourth-order valence-electron chi connectivity index (χ4n) is 2.21.